The lowest BCUT2D eigenvalue weighted by Crippen LogP contribution is -2.46. The van der Waals surface area contributed by atoms with Gasteiger partial charge in [0.05, 0.1) is 43.0 Å². The molecule has 168 valence electrons. The minimum atomic E-state index is -0.709. The Morgan fingerprint density at radius 1 is 1.16 bits per heavy atom. The molecule has 0 spiro atoms. The van der Waals surface area contributed by atoms with Crippen LogP contribution in [0.2, 0.25) is 0 Å². The molecule has 0 N–H and O–H groups in total. The van der Waals surface area contributed by atoms with Crippen LogP contribution in [0, 0.1) is 5.82 Å². The van der Waals surface area contributed by atoms with Crippen molar-refractivity contribution in [3.05, 3.63) is 17.4 Å². The molecule has 3 aliphatic heterocycles. The molecule has 0 unspecified atom stereocenters. The maximum absolute atomic E-state index is 15.9. The van der Waals surface area contributed by atoms with Gasteiger partial charge in [0.1, 0.15) is 6.10 Å². The second-order valence-electron chi connectivity index (χ2n) is 8.27. The van der Waals surface area contributed by atoms with Gasteiger partial charge >= 0.3 is 6.09 Å². The van der Waals surface area contributed by atoms with E-state index in [0.29, 0.717) is 55.9 Å². The van der Waals surface area contributed by atoms with Crippen molar-refractivity contribution in [3.63, 3.8) is 0 Å². The topological polar surface area (TPSA) is 86.5 Å². The van der Waals surface area contributed by atoms with Gasteiger partial charge in [-0.1, -0.05) is 12.1 Å². The first-order chi connectivity index (χ1) is 15.0. The van der Waals surface area contributed by atoms with Crippen molar-refractivity contribution in [2.75, 3.05) is 42.6 Å². The van der Waals surface area contributed by atoms with E-state index < -0.39 is 18.2 Å². The number of morpholine rings is 1. The summed E-state index contributed by atoms with van der Waals surface area (Å²) in [6, 6.07) is 1.76. The molecule has 0 radical (unpaired) electrons. The van der Waals surface area contributed by atoms with Crippen LogP contribution in [0.4, 0.5) is 20.7 Å². The largest absolute Gasteiger partial charge is 0.444 e. The van der Waals surface area contributed by atoms with E-state index in [2.05, 4.69) is 5.16 Å². The lowest BCUT2D eigenvalue weighted by Gasteiger charge is -2.38. The molecule has 4 heterocycles. The van der Waals surface area contributed by atoms with Crippen molar-refractivity contribution in [1.29, 1.82) is 0 Å². The van der Waals surface area contributed by atoms with Crippen molar-refractivity contribution in [1.82, 2.24) is 5.16 Å². The number of amides is 1. The molecule has 3 aliphatic rings. The van der Waals surface area contributed by atoms with Crippen LogP contribution in [-0.2, 0) is 18.9 Å². The Bertz CT molecular complexity index is 981. The fraction of sp³-hybridized carbons (Fsp3) is 0.619. The van der Waals surface area contributed by atoms with Crippen molar-refractivity contribution in [3.8, 4) is 0 Å². The average molecular weight is 435 g/mol. The number of anilines is 2. The Morgan fingerprint density at radius 2 is 1.87 bits per heavy atom. The molecule has 3 saturated heterocycles. The molecule has 1 aromatic carbocycles. The molecule has 1 amide bonds. The average Bonchev–Trinajstić information content (AvgIpc) is 3.46. The monoisotopic (exact) mass is 435 g/mol. The summed E-state index contributed by atoms with van der Waals surface area (Å²) in [6.07, 6.45) is -0.906. The minimum absolute atomic E-state index is 0.00806. The van der Waals surface area contributed by atoms with Crippen LogP contribution in [0.5, 0.6) is 0 Å². The van der Waals surface area contributed by atoms with Gasteiger partial charge in [-0.05, 0) is 26.3 Å². The van der Waals surface area contributed by atoms with E-state index in [1.807, 2.05) is 25.7 Å². The van der Waals surface area contributed by atoms with E-state index in [9.17, 15) is 4.79 Å². The van der Waals surface area contributed by atoms with Crippen LogP contribution in [0.3, 0.4) is 0 Å². The van der Waals surface area contributed by atoms with Crippen molar-refractivity contribution >= 4 is 28.6 Å². The highest BCUT2D eigenvalue weighted by molar-refractivity contribution is 6.00. The number of carbonyl (C=O) groups excluding carboxylic acids is 1. The van der Waals surface area contributed by atoms with E-state index in [1.165, 1.54) is 4.90 Å². The summed E-state index contributed by atoms with van der Waals surface area (Å²) in [7, 11) is 0. The first-order valence-electron chi connectivity index (χ1n) is 10.7. The summed E-state index contributed by atoms with van der Waals surface area (Å²) < 4.78 is 43.9. The maximum Gasteiger partial charge on any atom is 0.416 e. The summed E-state index contributed by atoms with van der Waals surface area (Å²) in [4.78, 5) is 15.7. The fourth-order valence-electron chi connectivity index (χ4n) is 4.54. The van der Waals surface area contributed by atoms with Crippen LogP contribution in [0.15, 0.2) is 10.6 Å². The Morgan fingerprint density at radius 3 is 2.52 bits per heavy atom. The molecule has 1 aromatic heterocycles. The third kappa shape index (κ3) is 3.52. The normalized spacial score (nSPS) is 27.5. The van der Waals surface area contributed by atoms with Gasteiger partial charge in [-0.3, -0.25) is 4.90 Å². The Hall–Kier alpha value is -2.43. The summed E-state index contributed by atoms with van der Waals surface area (Å²) in [5.74, 6) is -0.310. The SMILES string of the molecule is CC[C@@H]1CN(c2noc3c(F)c(N4C[C@@H](C)O[C@H](C)C4)c(C4OCCO4)cc23)C(=O)O1. The van der Waals surface area contributed by atoms with Gasteiger partial charge in [-0.2, -0.15) is 0 Å². The highest BCUT2D eigenvalue weighted by atomic mass is 19.1. The fourth-order valence-corrected chi connectivity index (χ4v) is 4.54. The standard InChI is InChI=1S/C21H26FN3O6/c1-4-13-10-25(21(26)30-13)19-15-7-14(20-27-5-6-28-20)17(16(22)18(15)31-23-19)24-8-11(2)29-12(3)9-24/h7,11-13,20H,4-6,8-10H2,1-3H3/t11-,12-,13-/m1/s1. The van der Waals surface area contributed by atoms with E-state index >= 15 is 4.39 Å². The molecule has 0 bridgehead atoms. The Kier molecular flexibility index (Phi) is 5.23. The summed E-state index contributed by atoms with van der Waals surface area (Å²) >= 11 is 0. The summed E-state index contributed by atoms with van der Waals surface area (Å²) in [5, 5.41) is 4.41. The number of halogens is 1. The third-order valence-corrected chi connectivity index (χ3v) is 5.89. The number of cyclic esters (lactones) is 1. The summed E-state index contributed by atoms with van der Waals surface area (Å²) in [5.41, 5.74) is 0.902. The van der Waals surface area contributed by atoms with Gasteiger partial charge in [-0.25, -0.2) is 9.18 Å². The lowest BCUT2D eigenvalue weighted by molar-refractivity contribution is -0.0445. The summed E-state index contributed by atoms with van der Waals surface area (Å²) in [6.45, 7) is 8.07. The Balaban J connectivity index is 1.63. The van der Waals surface area contributed by atoms with Gasteiger partial charge in [0.2, 0.25) is 5.58 Å². The van der Waals surface area contributed by atoms with Gasteiger partial charge in [-0.15, -0.1) is 0 Å². The number of hydrogen-bond acceptors (Lipinski definition) is 8. The number of hydrogen-bond donors (Lipinski definition) is 0. The molecule has 3 atom stereocenters. The second-order valence-corrected chi connectivity index (χ2v) is 8.27. The smallest absolute Gasteiger partial charge is 0.416 e. The van der Waals surface area contributed by atoms with Gasteiger partial charge in [0.15, 0.2) is 17.9 Å². The predicted octanol–water partition coefficient (Wildman–Crippen LogP) is 3.36. The second kappa shape index (κ2) is 7.92. The molecule has 3 fully saturated rings. The first kappa shape index (κ1) is 20.5. The minimum Gasteiger partial charge on any atom is -0.444 e. The molecule has 9 nitrogen and oxygen atoms in total. The number of fused-ring (bicyclic) bond motifs is 1. The van der Waals surface area contributed by atoms with Crippen LogP contribution >= 0.6 is 0 Å². The van der Waals surface area contributed by atoms with E-state index in [4.69, 9.17) is 23.5 Å². The number of benzene rings is 1. The van der Waals surface area contributed by atoms with Crippen molar-refractivity contribution in [2.45, 2.75) is 51.8 Å². The highest BCUT2D eigenvalue weighted by Crippen LogP contribution is 2.42. The molecule has 31 heavy (non-hydrogen) atoms. The third-order valence-electron chi connectivity index (χ3n) is 5.89. The zero-order valence-corrected chi connectivity index (χ0v) is 17.8. The first-order valence-corrected chi connectivity index (χ1v) is 10.7. The van der Waals surface area contributed by atoms with E-state index in [1.54, 1.807) is 6.07 Å². The molecular formula is C21H26FN3O6. The molecule has 5 rings (SSSR count). The highest BCUT2D eigenvalue weighted by Gasteiger charge is 2.37. The number of ether oxygens (including phenoxy) is 4. The van der Waals surface area contributed by atoms with Gasteiger partial charge in [0, 0.05) is 18.7 Å². The van der Waals surface area contributed by atoms with E-state index in [-0.39, 0.29) is 29.7 Å². The van der Waals surface area contributed by atoms with Crippen molar-refractivity contribution in [2.24, 2.45) is 0 Å². The van der Waals surface area contributed by atoms with Crippen LogP contribution < -0.4 is 9.80 Å². The lowest BCUT2D eigenvalue weighted by atomic mass is 10.0. The van der Waals surface area contributed by atoms with Crippen LogP contribution in [-0.4, -0.2) is 62.4 Å². The molecular weight excluding hydrogens is 409 g/mol. The molecule has 10 heteroatoms. The molecule has 2 aromatic rings. The van der Waals surface area contributed by atoms with Crippen LogP contribution in [0.25, 0.3) is 11.0 Å². The van der Waals surface area contributed by atoms with Crippen molar-refractivity contribution < 1.29 is 32.7 Å². The number of rotatable bonds is 4. The predicted molar refractivity (Wildman–Crippen MR) is 109 cm³/mol. The van der Waals surface area contributed by atoms with Gasteiger partial charge in [0.25, 0.3) is 0 Å². The van der Waals surface area contributed by atoms with Gasteiger partial charge < -0.3 is 28.4 Å². The van der Waals surface area contributed by atoms with Crippen LogP contribution in [0.1, 0.15) is 39.0 Å². The zero-order valence-electron chi connectivity index (χ0n) is 17.8. The molecule has 0 aliphatic carbocycles. The quantitative estimate of drug-likeness (QED) is 0.723. The number of nitrogens with zero attached hydrogens (tertiary/aromatic N) is 3. The maximum atomic E-state index is 15.9. The van der Waals surface area contributed by atoms with E-state index in [0.717, 1.165) is 0 Å². The number of aromatic nitrogens is 1. The molecule has 0 saturated carbocycles. The number of carbonyl (C=O) groups is 1. The zero-order chi connectivity index (χ0) is 21.7. The Labute approximate surface area is 178 Å².